The smallest absolute Gasteiger partial charge is 0.338 e. The van der Waals surface area contributed by atoms with E-state index in [4.69, 9.17) is 14.2 Å². The van der Waals surface area contributed by atoms with Crippen molar-refractivity contribution >= 4 is 29.3 Å². The number of nitrogens with zero attached hydrogens (tertiary/aromatic N) is 1. The van der Waals surface area contributed by atoms with Crippen LogP contribution in [0.3, 0.4) is 0 Å². The van der Waals surface area contributed by atoms with Crippen LogP contribution in [0.25, 0.3) is 0 Å². The van der Waals surface area contributed by atoms with Crippen molar-refractivity contribution in [2.45, 2.75) is 26.4 Å². The van der Waals surface area contributed by atoms with E-state index in [-0.39, 0.29) is 29.6 Å². The Morgan fingerprint density at radius 1 is 1.03 bits per heavy atom. The molecule has 0 aliphatic carbocycles. The number of Topliss-reactive ketones (excluding diaryl/α,β-unsaturated/α-hetero) is 1. The maximum Gasteiger partial charge on any atom is 0.338 e. The van der Waals surface area contributed by atoms with E-state index >= 15 is 0 Å². The number of hydrogen-bond acceptors (Lipinski definition) is 7. The van der Waals surface area contributed by atoms with Crippen molar-refractivity contribution in [3.05, 3.63) is 59.7 Å². The number of nitrogens with one attached hydrogen (secondary N) is 1. The first-order valence-electron chi connectivity index (χ1n) is 11.1. The molecule has 9 nitrogen and oxygen atoms in total. The third-order valence-corrected chi connectivity index (χ3v) is 5.25. The molecule has 0 radical (unpaired) electrons. The van der Waals surface area contributed by atoms with Gasteiger partial charge in [-0.2, -0.15) is 0 Å². The molecule has 2 amide bonds. The summed E-state index contributed by atoms with van der Waals surface area (Å²) in [6.45, 7) is 5.38. The zero-order chi connectivity index (χ0) is 24.5. The van der Waals surface area contributed by atoms with E-state index in [0.29, 0.717) is 43.3 Å². The zero-order valence-electron chi connectivity index (χ0n) is 19.2. The fourth-order valence-electron chi connectivity index (χ4n) is 3.42. The van der Waals surface area contributed by atoms with E-state index in [1.54, 1.807) is 41.3 Å². The molecule has 0 spiro atoms. The van der Waals surface area contributed by atoms with E-state index in [1.165, 1.54) is 12.1 Å². The molecule has 180 valence electrons. The molecule has 1 aliphatic heterocycles. The Labute approximate surface area is 198 Å². The maximum atomic E-state index is 12.3. The van der Waals surface area contributed by atoms with Gasteiger partial charge in [0.1, 0.15) is 11.9 Å². The molecule has 0 saturated carbocycles. The summed E-state index contributed by atoms with van der Waals surface area (Å²) in [6, 6.07) is 12.7. The molecule has 1 unspecified atom stereocenters. The number of ether oxygens (including phenoxy) is 3. The Bertz CT molecular complexity index is 1020. The first-order valence-corrected chi connectivity index (χ1v) is 11.1. The molecule has 2 aromatic rings. The molecular weight excluding hydrogens is 440 g/mol. The van der Waals surface area contributed by atoms with Crippen LogP contribution in [0.4, 0.5) is 5.69 Å². The number of morpholine rings is 1. The van der Waals surface area contributed by atoms with Crippen LogP contribution >= 0.6 is 0 Å². The van der Waals surface area contributed by atoms with Crippen LogP contribution in [-0.2, 0) is 19.1 Å². The molecular formula is C25H28N2O7. The molecule has 1 atom stereocenters. The average molecular weight is 469 g/mol. The summed E-state index contributed by atoms with van der Waals surface area (Å²) >= 11 is 0. The highest BCUT2D eigenvalue weighted by Gasteiger charge is 2.30. The predicted octanol–water partition coefficient (Wildman–Crippen LogP) is 2.70. The fourth-order valence-corrected chi connectivity index (χ4v) is 3.42. The van der Waals surface area contributed by atoms with Crippen molar-refractivity contribution in [2.75, 3.05) is 38.2 Å². The second kappa shape index (κ2) is 11.9. The van der Waals surface area contributed by atoms with Gasteiger partial charge in [-0.05, 0) is 62.4 Å². The molecule has 0 bridgehead atoms. The second-order valence-corrected chi connectivity index (χ2v) is 7.56. The highest BCUT2D eigenvalue weighted by Crippen LogP contribution is 2.15. The summed E-state index contributed by atoms with van der Waals surface area (Å²) in [5, 5.41) is 2.69. The van der Waals surface area contributed by atoms with Crippen molar-refractivity contribution in [1.82, 2.24) is 4.90 Å². The van der Waals surface area contributed by atoms with Gasteiger partial charge in [-0.25, -0.2) is 4.79 Å². The Hall–Kier alpha value is -3.72. The molecule has 1 heterocycles. The summed E-state index contributed by atoms with van der Waals surface area (Å²) in [5.41, 5.74) is 1.11. The van der Waals surface area contributed by atoms with Gasteiger partial charge in [0, 0.05) is 24.3 Å². The van der Waals surface area contributed by atoms with Gasteiger partial charge < -0.3 is 24.4 Å². The first kappa shape index (κ1) is 24.9. The van der Waals surface area contributed by atoms with Gasteiger partial charge in [-0.15, -0.1) is 0 Å². The molecule has 1 saturated heterocycles. The minimum atomic E-state index is -0.795. The van der Waals surface area contributed by atoms with Crippen LogP contribution in [0.1, 0.15) is 41.0 Å². The van der Waals surface area contributed by atoms with Crippen LogP contribution in [0, 0.1) is 0 Å². The fraction of sp³-hybridized carbons (Fsp3) is 0.360. The minimum absolute atomic E-state index is 0.0905. The Balaban J connectivity index is 1.47. The summed E-state index contributed by atoms with van der Waals surface area (Å²) < 4.78 is 15.9. The first-order chi connectivity index (χ1) is 16.4. The summed E-state index contributed by atoms with van der Waals surface area (Å²) in [4.78, 5) is 50.7. The molecule has 0 aromatic heterocycles. The number of benzene rings is 2. The lowest BCUT2D eigenvalue weighted by Gasteiger charge is -2.31. The van der Waals surface area contributed by atoms with Gasteiger partial charge in [-0.3, -0.25) is 14.4 Å². The van der Waals surface area contributed by atoms with Crippen LogP contribution in [0.2, 0.25) is 0 Å². The molecule has 34 heavy (non-hydrogen) atoms. The number of likely N-dealkylation sites (N-methyl/N-ethyl adjacent to an activating group) is 1. The highest BCUT2D eigenvalue weighted by molar-refractivity contribution is 6.00. The van der Waals surface area contributed by atoms with Crippen molar-refractivity contribution in [1.29, 1.82) is 0 Å². The van der Waals surface area contributed by atoms with Gasteiger partial charge in [0.2, 0.25) is 5.91 Å². The minimum Gasteiger partial charge on any atom is -0.494 e. The van der Waals surface area contributed by atoms with Gasteiger partial charge in [0.05, 0.1) is 25.2 Å². The van der Waals surface area contributed by atoms with E-state index in [2.05, 4.69) is 5.32 Å². The molecule has 9 heteroatoms. The Morgan fingerprint density at radius 2 is 1.71 bits per heavy atom. The van der Waals surface area contributed by atoms with E-state index in [0.717, 1.165) is 0 Å². The molecule has 1 aliphatic rings. The largest absolute Gasteiger partial charge is 0.494 e. The third-order valence-electron chi connectivity index (χ3n) is 5.25. The standard InChI is InChI=1S/C25H28N2O7/c1-3-27-13-14-33-22(24(27)30)15-23(29)26-19-9-5-18(6-10-19)25(31)34-16-21(28)17-7-11-20(12-8-17)32-4-2/h5-12,22H,3-4,13-16H2,1-2H3,(H,26,29). The van der Waals surface area contributed by atoms with Gasteiger partial charge >= 0.3 is 5.97 Å². The van der Waals surface area contributed by atoms with Gasteiger partial charge in [0.25, 0.3) is 5.91 Å². The average Bonchev–Trinajstić information content (AvgIpc) is 2.84. The number of carbonyl (C=O) groups is 4. The second-order valence-electron chi connectivity index (χ2n) is 7.56. The van der Waals surface area contributed by atoms with Crippen LogP contribution in [0.5, 0.6) is 5.75 Å². The summed E-state index contributed by atoms with van der Waals surface area (Å²) in [5.74, 6) is -0.891. The SMILES string of the molecule is CCOc1ccc(C(=O)COC(=O)c2ccc(NC(=O)CC3OCCN(CC)C3=O)cc2)cc1. The van der Waals surface area contributed by atoms with Crippen molar-refractivity contribution in [3.63, 3.8) is 0 Å². The van der Waals surface area contributed by atoms with Crippen molar-refractivity contribution in [2.24, 2.45) is 0 Å². The van der Waals surface area contributed by atoms with Gasteiger partial charge in [-0.1, -0.05) is 0 Å². The number of ketones is 1. The number of rotatable bonds is 10. The third kappa shape index (κ3) is 6.64. The molecule has 1 N–H and O–H groups in total. The van der Waals surface area contributed by atoms with Crippen LogP contribution < -0.4 is 10.1 Å². The quantitative estimate of drug-likeness (QED) is 0.422. The number of esters is 1. The van der Waals surface area contributed by atoms with Crippen LogP contribution in [-0.4, -0.2) is 67.5 Å². The van der Waals surface area contributed by atoms with Gasteiger partial charge in [0.15, 0.2) is 12.4 Å². The topological polar surface area (TPSA) is 111 Å². The molecule has 3 rings (SSSR count). The lowest BCUT2D eigenvalue weighted by Crippen LogP contribution is -2.48. The molecule has 2 aromatic carbocycles. The Kier molecular flexibility index (Phi) is 8.75. The summed E-state index contributed by atoms with van der Waals surface area (Å²) in [7, 11) is 0. The van der Waals surface area contributed by atoms with E-state index in [9.17, 15) is 19.2 Å². The highest BCUT2D eigenvalue weighted by atomic mass is 16.5. The normalized spacial score (nSPS) is 15.5. The van der Waals surface area contributed by atoms with Crippen molar-refractivity contribution < 1.29 is 33.4 Å². The molecule has 1 fully saturated rings. The summed E-state index contributed by atoms with van der Waals surface area (Å²) in [6.07, 6.45) is -0.886. The lowest BCUT2D eigenvalue weighted by atomic mass is 10.1. The number of hydrogen-bond donors (Lipinski definition) is 1. The number of anilines is 1. The van der Waals surface area contributed by atoms with E-state index in [1.807, 2.05) is 13.8 Å². The predicted molar refractivity (Wildman–Crippen MR) is 124 cm³/mol. The van der Waals surface area contributed by atoms with Crippen LogP contribution in [0.15, 0.2) is 48.5 Å². The number of amides is 2. The number of carbonyl (C=O) groups excluding carboxylic acids is 4. The lowest BCUT2D eigenvalue weighted by molar-refractivity contribution is -0.154. The Morgan fingerprint density at radius 3 is 2.35 bits per heavy atom. The zero-order valence-corrected chi connectivity index (χ0v) is 19.2. The van der Waals surface area contributed by atoms with E-state index < -0.39 is 18.7 Å². The van der Waals surface area contributed by atoms with Crippen molar-refractivity contribution in [3.8, 4) is 5.75 Å². The monoisotopic (exact) mass is 468 g/mol. The maximum absolute atomic E-state index is 12.3.